The molecule has 1 aromatic rings. The second kappa shape index (κ2) is 8.63. The van der Waals surface area contributed by atoms with Crippen LogP contribution in [0.5, 0.6) is 0 Å². The Labute approximate surface area is 123 Å². The van der Waals surface area contributed by atoms with E-state index in [-0.39, 0.29) is 5.41 Å². The SMILES string of the molecule is CCCCCCC(C)(CCCCC)c1c[nH]nc1Cl. The molecule has 0 saturated carbocycles. The third kappa shape index (κ3) is 5.18. The first kappa shape index (κ1) is 16.6. The minimum Gasteiger partial charge on any atom is -0.284 e. The van der Waals surface area contributed by atoms with E-state index in [4.69, 9.17) is 11.6 Å². The lowest BCUT2D eigenvalue weighted by Crippen LogP contribution is -2.22. The molecule has 19 heavy (non-hydrogen) atoms. The van der Waals surface area contributed by atoms with Crippen molar-refractivity contribution in [3.63, 3.8) is 0 Å². The smallest absolute Gasteiger partial charge is 0.154 e. The third-order valence-electron chi connectivity index (χ3n) is 4.16. The Kier molecular flexibility index (Phi) is 7.52. The van der Waals surface area contributed by atoms with Crippen molar-refractivity contribution in [1.82, 2.24) is 10.2 Å². The van der Waals surface area contributed by atoms with Gasteiger partial charge in [-0.15, -0.1) is 0 Å². The normalized spacial score (nSPS) is 14.5. The Morgan fingerprint density at radius 2 is 1.63 bits per heavy atom. The summed E-state index contributed by atoms with van der Waals surface area (Å²) in [6.07, 6.45) is 13.5. The molecule has 0 fully saturated rings. The molecule has 0 aromatic carbocycles. The van der Waals surface area contributed by atoms with Gasteiger partial charge >= 0.3 is 0 Å². The van der Waals surface area contributed by atoms with Crippen molar-refractivity contribution in [3.05, 3.63) is 16.9 Å². The summed E-state index contributed by atoms with van der Waals surface area (Å²) in [5, 5.41) is 7.67. The molecule has 110 valence electrons. The number of hydrogen-bond acceptors (Lipinski definition) is 1. The summed E-state index contributed by atoms with van der Waals surface area (Å²) >= 11 is 6.23. The predicted octanol–water partition coefficient (Wildman–Crippen LogP) is 5.87. The lowest BCUT2D eigenvalue weighted by molar-refractivity contribution is 0.366. The van der Waals surface area contributed by atoms with Gasteiger partial charge in [-0.2, -0.15) is 5.10 Å². The first-order valence-corrected chi connectivity index (χ1v) is 8.21. The van der Waals surface area contributed by atoms with E-state index < -0.39 is 0 Å². The van der Waals surface area contributed by atoms with Gasteiger partial charge in [0, 0.05) is 11.8 Å². The van der Waals surface area contributed by atoms with E-state index in [0.717, 1.165) is 0 Å². The van der Waals surface area contributed by atoms with Crippen LogP contribution >= 0.6 is 11.6 Å². The number of unbranched alkanes of at least 4 members (excludes halogenated alkanes) is 5. The summed E-state index contributed by atoms with van der Waals surface area (Å²) in [4.78, 5) is 0. The Hall–Kier alpha value is -0.500. The zero-order valence-corrected chi connectivity index (χ0v) is 13.5. The number of aromatic nitrogens is 2. The minimum absolute atomic E-state index is 0.187. The molecule has 0 aliphatic heterocycles. The molecule has 1 aromatic heterocycles. The van der Waals surface area contributed by atoms with Gasteiger partial charge in [-0.25, -0.2) is 0 Å². The lowest BCUT2D eigenvalue weighted by atomic mass is 9.75. The van der Waals surface area contributed by atoms with Gasteiger partial charge in [0.25, 0.3) is 0 Å². The zero-order valence-electron chi connectivity index (χ0n) is 12.8. The standard InChI is InChI=1S/C16H29ClN2/c1-4-6-8-10-12-16(3,11-9-7-5-2)14-13-18-19-15(14)17/h13H,4-12H2,1-3H3,(H,18,19). The van der Waals surface area contributed by atoms with Crippen LogP contribution in [0.3, 0.4) is 0 Å². The number of H-pyrrole nitrogens is 1. The summed E-state index contributed by atoms with van der Waals surface area (Å²) < 4.78 is 0. The Balaban J connectivity index is 2.64. The molecule has 1 heterocycles. The molecule has 0 aliphatic carbocycles. The number of nitrogens with zero attached hydrogens (tertiary/aromatic N) is 1. The average Bonchev–Trinajstić information content (AvgIpc) is 2.82. The predicted molar refractivity (Wildman–Crippen MR) is 83.9 cm³/mol. The Bertz CT molecular complexity index is 348. The molecule has 1 N–H and O–H groups in total. The molecule has 0 aliphatic rings. The molecule has 3 heteroatoms. The van der Waals surface area contributed by atoms with Gasteiger partial charge in [-0.1, -0.05) is 77.3 Å². The maximum absolute atomic E-state index is 6.23. The van der Waals surface area contributed by atoms with E-state index in [0.29, 0.717) is 5.15 Å². The highest BCUT2D eigenvalue weighted by atomic mass is 35.5. The number of hydrogen-bond donors (Lipinski definition) is 1. The molecule has 0 radical (unpaired) electrons. The number of halogens is 1. The second-order valence-corrected chi connectivity index (χ2v) is 6.28. The van der Waals surface area contributed by atoms with Crippen LogP contribution in [0, 0.1) is 0 Å². The minimum atomic E-state index is 0.187. The lowest BCUT2D eigenvalue weighted by Gasteiger charge is -2.29. The van der Waals surface area contributed by atoms with Crippen molar-refractivity contribution in [2.75, 3.05) is 0 Å². The fourth-order valence-electron chi connectivity index (χ4n) is 2.80. The maximum atomic E-state index is 6.23. The topological polar surface area (TPSA) is 28.7 Å². The van der Waals surface area contributed by atoms with E-state index in [9.17, 15) is 0 Å². The van der Waals surface area contributed by atoms with E-state index in [2.05, 4.69) is 31.0 Å². The van der Waals surface area contributed by atoms with Gasteiger partial charge in [-0.05, 0) is 18.3 Å². The van der Waals surface area contributed by atoms with Crippen molar-refractivity contribution in [2.45, 2.75) is 84.0 Å². The van der Waals surface area contributed by atoms with Crippen molar-refractivity contribution in [1.29, 1.82) is 0 Å². The van der Waals surface area contributed by atoms with E-state index in [1.807, 2.05) is 6.20 Å². The van der Waals surface area contributed by atoms with E-state index in [1.165, 1.54) is 63.4 Å². The quantitative estimate of drug-likeness (QED) is 0.535. The monoisotopic (exact) mass is 284 g/mol. The second-order valence-electron chi connectivity index (χ2n) is 5.92. The molecule has 1 rings (SSSR count). The van der Waals surface area contributed by atoms with Crippen LogP contribution in [0.15, 0.2) is 6.20 Å². The van der Waals surface area contributed by atoms with Crippen LogP contribution in [0.25, 0.3) is 0 Å². The molecule has 1 unspecified atom stereocenters. The zero-order chi connectivity index (χ0) is 14.1. The molecule has 2 nitrogen and oxygen atoms in total. The third-order valence-corrected chi connectivity index (χ3v) is 4.45. The highest BCUT2D eigenvalue weighted by Crippen LogP contribution is 2.38. The highest BCUT2D eigenvalue weighted by molar-refractivity contribution is 6.30. The number of rotatable bonds is 10. The van der Waals surface area contributed by atoms with Crippen LogP contribution in [-0.2, 0) is 5.41 Å². The van der Waals surface area contributed by atoms with E-state index in [1.54, 1.807) is 0 Å². The van der Waals surface area contributed by atoms with Crippen molar-refractivity contribution in [2.24, 2.45) is 0 Å². The van der Waals surface area contributed by atoms with Crippen LogP contribution in [-0.4, -0.2) is 10.2 Å². The van der Waals surface area contributed by atoms with Gasteiger partial charge in [0.05, 0.1) is 0 Å². The summed E-state index contributed by atoms with van der Waals surface area (Å²) in [7, 11) is 0. The molecule has 0 amide bonds. The van der Waals surface area contributed by atoms with Crippen LogP contribution < -0.4 is 0 Å². The summed E-state index contributed by atoms with van der Waals surface area (Å²) in [5.74, 6) is 0. The average molecular weight is 285 g/mol. The van der Waals surface area contributed by atoms with E-state index >= 15 is 0 Å². The Morgan fingerprint density at radius 1 is 1.05 bits per heavy atom. The van der Waals surface area contributed by atoms with Crippen LogP contribution in [0.1, 0.15) is 84.1 Å². The Morgan fingerprint density at radius 3 is 2.16 bits per heavy atom. The molecule has 0 spiro atoms. The van der Waals surface area contributed by atoms with Crippen LogP contribution in [0.2, 0.25) is 5.15 Å². The summed E-state index contributed by atoms with van der Waals surface area (Å²) in [6.45, 7) is 6.86. The van der Waals surface area contributed by atoms with Gasteiger partial charge in [0.15, 0.2) is 5.15 Å². The van der Waals surface area contributed by atoms with Gasteiger partial charge < -0.3 is 0 Å². The molecule has 0 bridgehead atoms. The van der Waals surface area contributed by atoms with Crippen LogP contribution in [0.4, 0.5) is 0 Å². The fourth-order valence-corrected chi connectivity index (χ4v) is 3.13. The number of nitrogens with one attached hydrogen (secondary N) is 1. The first-order valence-electron chi connectivity index (χ1n) is 7.83. The fraction of sp³-hybridized carbons (Fsp3) is 0.812. The molecule has 0 saturated heterocycles. The molecular formula is C16H29ClN2. The first-order chi connectivity index (χ1) is 9.14. The summed E-state index contributed by atoms with van der Waals surface area (Å²) in [6, 6.07) is 0. The van der Waals surface area contributed by atoms with Gasteiger partial charge in [0.2, 0.25) is 0 Å². The highest BCUT2D eigenvalue weighted by Gasteiger charge is 2.29. The number of aromatic amines is 1. The van der Waals surface area contributed by atoms with Gasteiger partial charge in [0.1, 0.15) is 0 Å². The molecule has 1 atom stereocenters. The van der Waals surface area contributed by atoms with Crippen molar-refractivity contribution in [3.8, 4) is 0 Å². The maximum Gasteiger partial charge on any atom is 0.154 e. The largest absolute Gasteiger partial charge is 0.284 e. The molecular weight excluding hydrogens is 256 g/mol. The van der Waals surface area contributed by atoms with Crippen molar-refractivity contribution < 1.29 is 0 Å². The van der Waals surface area contributed by atoms with Gasteiger partial charge in [-0.3, -0.25) is 5.10 Å². The summed E-state index contributed by atoms with van der Waals surface area (Å²) in [5.41, 5.74) is 1.40. The van der Waals surface area contributed by atoms with Crippen molar-refractivity contribution >= 4 is 11.6 Å².